The molecule has 0 radical (unpaired) electrons. The van der Waals surface area contributed by atoms with Crippen LogP contribution in [-0.4, -0.2) is 123 Å². The van der Waals surface area contributed by atoms with Crippen molar-refractivity contribution in [3.63, 3.8) is 0 Å². The van der Waals surface area contributed by atoms with Crippen LogP contribution in [-0.2, 0) is 31.0 Å². The fraction of sp³-hybridized carbons (Fsp3) is 0.577. The summed E-state index contributed by atoms with van der Waals surface area (Å²) in [7, 11) is 5.23. The number of fused-ring (bicyclic) bond motifs is 7. The number of dihydropyridines is 1. The number of hydrogen-bond acceptors (Lipinski definition) is 16. The number of allylic oxidation sites excluding steroid dienone is 3. The second-order valence-corrected chi connectivity index (χ2v) is 23.1. The highest BCUT2D eigenvalue weighted by molar-refractivity contribution is 8.77. The summed E-state index contributed by atoms with van der Waals surface area (Å²) in [6.07, 6.45) is 13.3. The van der Waals surface area contributed by atoms with E-state index in [2.05, 4.69) is 10.6 Å². The first-order valence-corrected chi connectivity index (χ1v) is 26.9. The molecule has 1 amide bonds. The Bertz CT molecular complexity index is 2650. The third kappa shape index (κ3) is 7.58. The van der Waals surface area contributed by atoms with Crippen LogP contribution in [0.3, 0.4) is 0 Å². The summed E-state index contributed by atoms with van der Waals surface area (Å²) in [5.41, 5.74) is 6.58. The molecule has 8 N–H and O–H groups in total. The van der Waals surface area contributed by atoms with Crippen molar-refractivity contribution in [1.29, 1.82) is 0 Å². The summed E-state index contributed by atoms with van der Waals surface area (Å²) in [5.74, 6) is -1.41. The van der Waals surface area contributed by atoms with Crippen LogP contribution < -0.4 is 26.7 Å². The van der Waals surface area contributed by atoms with Gasteiger partial charge in [0.25, 0.3) is 0 Å². The Morgan fingerprint density at radius 3 is 2.64 bits per heavy atom. The number of aliphatic hydroxyl groups excluding tert-OH is 4. The zero-order valence-corrected chi connectivity index (χ0v) is 41.0. The highest BCUT2D eigenvalue weighted by atomic mass is 33.1. The second-order valence-electron chi connectivity index (χ2n) is 20.5. The van der Waals surface area contributed by atoms with E-state index in [-0.39, 0.29) is 110 Å². The summed E-state index contributed by atoms with van der Waals surface area (Å²) in [6.45, 7) is 2.75. The van der Waals surface area contributed by atoms with Crippen LogP contribution in [0.5, 0.6) is 5.75 Å². The van der Waals surface area contributed by atoms with Crippen LogP contribution in [0.15, 0.2) is 85.9 Å². The maximum absolute atomic E-state index is 15.1. The van der Waals surface area contributed by atoms with Gasteiger partial charge in [0.15, 0.2) is 17.0 Å². The van der Waals surface area contributed by atoms with E-state index in [1.54, 1.807) is 53.7 Å². The van der Waals surface area contributed by atoms with E-state index in [1.807, 2.05) is 42.3 Å². The number of ketones is 1. The molecule has 8 aliphatic rings. The van der Waals surface area contributed by atoms with Gasteiger partial charge >= 0.3 is 11.6 Å². The van der Waals surface area contributed by atoms with Crippen molar-refractivity contribution in [2.24, 2.45) is 35.3 Å². The number of benzene rings is 1. The number of ether oxygens (including phenoxy) is 2. The molecule has 4 aliphatic heterocycles. The van der Waals surface area contributed by atoms with Gasteiger partial charge in [-0.3, -0.25) is 9.59 Å². The van der Waals surface area contributed by atoms with Gasteiger partial charge in [0, 0.05) is 102 Å². The first-order chi connectivity index (χ1) is 33.3. The molecule has 10 rings (SSSR count). The Kier molecular flexibility index (Phi) is 13.1. The van der Waals surface area contributed by atoms with Gasteiger partial charge in [-0.15, -0.1) is 0 Å². The Labute approximate surface area is 409 Å². The number of nitrogens with zero attached hydrogens (tertiary/aromatic N) is 1. The van der Waals surface area contributed by atoms with E-state index in [0.717, 1.165) is 35.1 Å². The quantitative estimate of drug-likeness (QED) is 0.0557. The summed E-state index contributed by atoms with van der Waals surface area (Å²) in [4.78, 5) is 59.3. The van der Waals surface area contributed by atoms with Crippen molar-refractivity contribution < 1.29 is 48.7 Å². The lowest BCUT2D eigenvalue weighted by Crippen LogP contribution is -2.75. The van der Waals surface area contributed by atoms with Gasteiger partial charge in [0.05, 0.1) is 36.9 Å². The lowest BCUT2D eigenvalue weighted by atomic mass is 9.57. The fourth-order valence-corrected chi connectivity index (χ4v) is 17.1. The topological polar surface area (TPSA) is 234 Å². The SMILES string of the molecule is C/C=C(\CCO)C(=O)O[C@]1(C)[C@@H](CO)C=C2CSS[C@H]3C[C@@H]4C(=O)C=C[C@H]5[C@@H]([C@@H]4NC)[C@@H]3N5C(=O)CC3=C(C=C(N)NC3)[C@H]2[C@]12Cc1cc3cc(C4([C@H](CO)CCO)CCCC4)c(=O)oc3cc1O2. The first kappa shape index (κ1) is 48.3. The Morgan fingerprint density at radius 2 is 1.93 bits per heavy atom. The van der Waals surface area contributed by atoms with E-state index < -0.39 is 46.7 Å². The van der Waals surface area contributed by atoms with Gasteiger partial charge in [-0.1, -0.05) is 58.2 Å². The molecule has 5 heterocycles. The zero-order chi connectivity index (χ0) is 48.6. The summed E-state index contributed by atoms with van der Waals surface area (Å²) in [5, 5.41) is 49.5. The van der Waals surface area contributed by atoms with Crippen LogP contribution in [0.1, 0.15) is 76.3 Å². The molecule has 1 spiro atoms. The molecule has 370 valence electrons. The molecule has 2 saturated carbocycles. The van der Waals surface area contributed by atoms with Gasteiger partial charge in [-0.2, -0.15) is 0 Å². The molecule has 1 aromatic carbocycles. The maximum atomic E-state index is 15.1. The number of rotatable bonds is 11. The summed E-state index contributed by atoms with van der Waals surface area (Å²) >= 11 is 0. The molecule has 69 heavy (non-hydrogen) atoms. The summed E-state index contributed by atoms with van der Waals surface area (Å²) < 4.78 is 20.4. The van der Waals surface area contributed by atoms with Gasteiger partial charge in [-0.05, 0) is 93.5 Å². The molecule has 17 heteroatoms. The van der Waals surface area contributed by atoms with E-state index in [1.165, 1.54) is 0 Å². The molecular formula is C52H64N4O11S2. The number of nitrogens with one attached hydrogen (secondary N) is 2. The second kappa shape index (κ2) is 18.7. The number of nitrogens with two attached hydrogens (primary N) is 1. The highest BCUT2D eigenvalue weighted by Gasteiger charge is 2.68. The minimum Gasteiger partial charge on any atom is -0.481 e. The fourth-order valence-electron chi connectivity index (χ4n) is 14.0. The molecule has 15 nitrogen and oxygen atoms in total. The highest BCUT2D eigenvalue weighted by Crippen LogP contribution is 2.60. The molecule has 11 atom stereocenters. The van der Waals surface area contributed by atoms with Gasteiger partial charge < -0.3 is 55.6 Å². The van der Waals surface area contributed by atoms with Crippen molar-refractivity contribution in [2.45, 2.75) is 112 Å². The molecule has 4 aliphatic carbocycles. The largest absolute Gasteiger partial charge is 0.481 e. The molecule has 0 unspecified atom stereocenters. The molecule has 1 saturated heterocycles. The Morgan fingerprint density at radius 1 is 1.13 bits per heavy atom. The molecule has 3 fully saturated rings. The lowest BCUT2D eigenvalue weighted by Gasteiger charge is -2.62. The number of amides is 1. The average Bonchev–Trinajstić information content (AvgIpc) is 3.96. The van der Waals surface area contributed by atoms with Crippen molar-refractivity contribution >= 4 is 50.2 Å². The third-order valence-electron chi connectivity index (χ3n) is 17.4. The minimum atomic E-state index is -1.60. The van der Waals surface area contributed by atoms with Crippen LogP contribution in [0.2, 0.25) is 0 Å². The van der Waals surface area contributed by atoms with Crippen molar-refractivity contribution in [3.8, 4) is 5.75 Å². The smallest absolute Gasteiger partial charge is 0.340 e. The monoisotopic (exact) mass is 984 g/mol. The van der Waals surface area contributed by atoms with E-state index in [4.69, 9.17) is 19.6 Å². The predicted octanol–water partition coefficient (Wildman–Crippen LogP) is 3.86. The molecule has 2 bridgehead atoms. The number of carbonyl (C=O) groups is 3. The number of esters is 1. The van der Waals surface area contributed by atoms with Crippen LogP contribution in [0, 0.1) is 29.6 Å². The normalized spacial score (nSPS) is 34.0. The van der Waals surface area contributed by atoms with Crippen LogP contribution >= 0.6 is 21.6 Å². The standard InChI is InChI=1S/C52H64N4O11S2/c1-4-27(9-13-57)48(63)67-50(2)33(25-60)16-31-26-68-69-41-19-35-38(61)8-7-37-44(46(35)54-3)47(41)56(37)43(62)18-30-23-55-42(53)20-34(30)45(31)52(50)22-29-15-28-17-36(49(64)65-39(28)21-40(29)66-52)51(11-5-6-12-51)32(24-59)10-14-58/h4,7-8,15-17,20-21,32-33,35,37,41,44-47,54-55,57-60H,5-6,9-14,18-19,22-26,53H2,1-3H3/b27-4+/t32-,33+,35+,37-,41-,44-,45-,46+,47+,50+,52+/m0/s1. The first-order valence-electron chi connectivity index (χ1n) is 24.5. The third-order valence-corrected chi connectivity index (χ3v) is 20.2. The predicted molar refractivity (Wildman–Crippen MR) is 263 cm³/mol. The molecule has 2 aromatic rings. The number of carbonyl (C=O) groups excluding carboxylic acids is 3. The Hall–Kier alpha value is -4.36. The van der Waals surface area contributed by atoms with Crippen LogP contribution in [0.4, 0.5) is 0 Å². The van der Waals surface area contributed by atoms with Crippen molar-refractivity contribution in [3.05, 3.63) is 98.2 Å². The summed E-state index contributed by atoms with van der Waals surface area (Å²) in [6, 6.07) is 5.14. The lowest BCUT2D eigenvalue weighted by molar-refractivity contribution is -0.202. The average molecular weight is 985 g/mol. The van der Waals surface area contributed by atoms with Gasteiger partial charge in [0.2, 0.25) is 5.91 Å². The zero-order valence-electron chi connectivity index (χ0n) is 39.4. The number of hydrogen-bond donors (Lipinski definition) is 7. The minimum absolute atomic E-state index is 0.0348. The van der Waals surface area contributed by atoms with Gasteiger partial charge in [-0.25, -0.2) is 9.59 Å². The van der Waals surface area contributed by atoms with Crippen LogP contribution in [0.25, 0.3) is 11.0 Å². The van der Waals surface area contributed by atoms with Crippen molar-refractivity contribution in [1.82, 2.24) is 15.5 Å². The van der Waals surface area contributed by atoms with Gasteiger partial charge in [0.1, 0.15) is 11.3 Å². The number of aliphatic hydroxyl groups is 4. The molecule has 1 aromatic heterocycles. The maximum Gasteiger partial charge on any atom is 0.340 e. The van der Waals surface area contributed by atoms with E-state index in [9.17, 15) is 34.8 Å². The van der Waals surface area contributed by atoms with E-state index >= 15 is 4.79 Å². The molecular weight excluding hydrogens is 921 g/mol. The Balaban J connectivity index is 1.14. The van der Waals surface area contributed by atoms with Crippen molar-refractivity contribution in [2.75, 3.05) is 45.8 Å². The van der Waals surface area contributed by atoms with E-state index in [0.29, 0.717) is 54.0 Å².